The number of nitro benzene ring substituents is 1. The fourth-order valence-electron chi connectivity index (χ4n) is 3.17. The van der Waals surface area contributed by atoms with E-state index >= 15 is 0 Å². The lowest BCUT2D eigenvalue weighted by Crippen LogP contribution is -2.25. The molecule has 3 rings (SSSR count). The summed E-state index contributed by atoms with van der Waals surface area (Å²) in [6.45, 7) is 1.10. The highest BCUT2D eigenvalue weighted by Gasteiger charge is 2.24. The number of aliphatic hydroxyl groups excluding tert-OH is 1. The second kappa shape index (κ2) is 7.29. The molecule has 1 heterocycles. The van der Waals surface area contributed by atoms with E-state index in [1.54, 1.807) is 12.1 Å². The van der Waals surface area contributed by atoms with Crippen molar-refractivity contribution in [2.24, 2.45) is 0 Å². The van der Waals surface area contributed by atoms with Crippen molar-refractivity contribution in [1.29, 1.82) is 0 Å². The van der Waals surface area contributed by atoms with Gasteiger partial charge in [-0.25, -0.2) is 0 Å². The van der Waals surface area contributed by atoms with Gasteiger partial charge >= 0.3 is 0 Å². The van der Waals surface area contributed by atoms with Gasteiger partial charge in [0.05, 0.1) is 24.3 Å². The van der Waals surface area contributed by atoms with E-state index in [1.165, 1.54) is 6.07 Å². The first-order valence-corrected chi connectivity index (χ1v) is 8.29. The Morgan fingerprint density at radius 3 is 3.08 bits per heavy atom. The van der Waals surface area contributed by atoms with Crippen LogP contribution in [0.4, 0.5) is 5.69 Å². The number of nitro groups is 1. The number of hydrogen-bond acceptors (Lipinski definition) is 5. The van der Waals surface area contributed by atoms with Crippen molar-refractivity contribution in [2.45, 2.75) is 38.4 Å². The second-order valence-electron chi connectivity index (χ2n) is 5.86. The van der Waals surface area contributed by atoms with Crippen molar-refractivity contribution >= 4 is 17.3 Å². The molecular weight excluding hydrogens is 332 g/mol. The molecule has 1 aromatic heterocycles. The van der Waals surface area contributed by atoms with Gasteiger partial charge in [-0.1, -0.05) is 17.7 Å². The molecule has 1 atom stereocenters. The predicted molar refractivity (Wildman–Crippen MR) is 89.9 cm³/mol. The third-order valence-corrected chi connectivity index (χ3v) is 4.65. The average molecular weight is 351 g/mol. The van der Waals surface area contributed by atoms with Crippen LogP contribution in [0.5, 0.6) is 0 Å². The van der Waals surface area contributed by atoms with Crippen molar-refractivity contribution in [3.8, 4) is 0 Å². The van der Waals surface area contributed by atoms with Gasteiger partial charge in [-0.2, -0.15) is 5.10 Å². The van der Waals surface area contributed by atoms with E-state index < -0.39 is 4.92 Å². The van der Waals surface area contributed by atoms with Gasteiger partial charge in [0, 0.05) is 29.9 Å². The number of aliphatic hydroxyl groups is 1. The maximum Gasteiger partial charge on any atom is 0.288 e. The summed E-state index contributed by atoms with van der Waals surface area (Å²) in [6.07, 6.45) is 4.85. The summed E-state index contributed by atoms with van der Waals surface area (Å²) in [5, 5.41) is 28.0. The molecule has 1 aliphatic rings. The normalized spacial score (nSPS) is 16.8. The third-order valence-electron chi connectivity index (χ3n) is 4.33. The van der Waals surface area contributed by atoms with Crippen LogP contribution < -0.4 is 5.32 Å². The molecule has 128 valence electrons. The summed E-state index contributed by atoms with van der Waals surface area (Å²) in [7, 11) is 0. The number of fused-ring (bicyclic) bond motifs is 1. The molecule has 7 nitrogen and oxygen atoms in total. The Balaban J connectivity index is 1.72. The predicted octanol–water partition coefficient (Wildman–Crippen LogP) is 2.60. The van der Waals surface area contributed by atoms with Crippen LogP contribution >= 0.6 is 11.6 Å². The summed E-state index contributed by atoms with van der Waals surface area (Å²) in [4.78, 5) is 10.5. The molecule has 0 aliphatic heterocycles. The Morgan fingerprint density at radius 2 is 2.33 bits per heavy atom. The van der Waals surface area contributed by atoms with Gasteiger partial charge in [-0.15, -0.1) is 0 Å². The fourth-order valence-corrected chi connectivity index (χ4v) is 3.35. The van der Waals surface area contributed by atoms with Gasteiger partial charge in [-0.3, -0.25) is 14.8 Å². The zero-order chi connectivity index (χ0) is 17.1. The van der Waals surface area contributed by atoms with Gasteiger partial charge in [0.25, 0.3) is 5.69 Å². The van der Waals surface area contributed by atoms with Crippen molar-refractivity contribution in [2.75, 3.05) is 6.61 Å². The zero-order valence-corrected chi connectivity index (χ0v) is 13.9. The van der Waals surface area contributed by atoms with Crippen LogP contribution in [0.3, 0.4) is 0 Å². The number of rotatable bonds is 6. The highest BCUT2D eigenvalue weighted by atomic mass is 35.5. The molecular formula is C16H19ClN4O3. The molecule has 24 heavy (non-hydrogen) atoms. The van der Waals surface area contributed by atoms with Crippen molar-refractivity contribution < 1.29 is 10.0 Å². The molecule has 0 amide bonds. The molecule has 0 radical (unpaired) electrons. The van der Waals surface area contributed by atoms with Gasteiger partial charge in [0.15, 0.2) is 0 Å². The smallest absolute Gasteiger partial charge is 0.288 e. The maximum atomic E-state index is 11.0. The Bertz CT molecular complexity index is 747. The third kappa shape index (κ3) is 3.43. The highest BCUT2D eigenvalue weighted by molar-refractivity contribution is 6.32. The number of nitrogens with one attached hydrogen (secondary N) is 1. The minimum absolute atomic E-state index is 0.0701. The largest absolute Gasteiger partial charge is 0.394 e. The van der Waals surface area contributed by atoms with Crippen LogP contribution in [0.15, 0.2) is 24.4 Å². The molecule has 1 aromatic carbocycles. The monoisotopic (exact) mass is 350 g/mol. The summed E-state index contributed by atoms with van der Waals surface area (Å²) in [6, 6.07) is 5.02. The van der Waals surface area contributed by atoms with E-state index in [9.17, 15) is 10.1 Å². The first-order valence-electron chi connectivity index (χ1n) is 7.91. The first-order chi connectivity index (χ1) is 11.6. The molecule has 0 unspecified atom stereocenters. The quantitative estimate of drug-likeness (QED) is 0.617. The standard InChI is InChI=1S/C16H19ClN4O3/c17-13-5-4-11(8-16(13)21(23)24)9-18-14-2-1-3-15-12(14)10-19-20(15)6-7-22/h4-5,8,10,14,18,22H,1-3,6-7,9H2/t14-/m1/s1. The number of aromatic nitrogens is 2. The van der Waals surface area contributed by atoms with E-state index in [1.807, 2.05) is 10.9 Å². The zero-order valence-electron chi connectivity index (χ0n) is 13.1. The Kier molecular flexibility index (Phi) is 5.13. The Hall–Kier alpha value is -1.96. The van der Waals surface area contributed by atoms with Gasteiger partial charge < -0.3 is 10.4 Å². The molecule has 0 spiro atoms. The van der Waals surface area contributed by atoms with Crippen molar-refractivity contribution in [1.82, 2.24) is 15.1 Å². The maximum absolute atomic E-state index is 11.0. The van der Waals surface area contributed by atoms with E-state index in [2.05, 4.69) is 10.4 Å². The molecule has 0 bridgehead atoms. The van der Waals surface area contributed by atoms with Crippen LogP contribution in [0.2, 0.25) is 5.02 Å². The van der Waals surface area contributed by atoms with Gasteiger partial charge in [-0.05, 0) is 30.9 Å². The van der Waals surface area contributed by atoms with E-state index in [-0.39, 0.29) is 23.4 Å². The van der Waals surface area contributed by atoms with Gasteiger partial charge in [0.2, 0.25) is 0 Å². The molecule has 1 aliphatic carbocycles. The number of benzene rings is 1. The Morgan fingerprint density at radius 1 is 1.50 bits per heavy atom. The molecule has 0 saturated heterocycles. The highest BCUT2D eigenvalue weighted by Crippen LogP contribution is 2.30. The van der Waals surface area contributed by atoms with Crippen LogP contribution in [0.25, 0.3) is 0 Å². The van der Waals surface area contributed by atoms with Crippen LogP contribution in [0, 0.1) is 10.1 Å². The lowest BCUT2D eigenvalue weighted by atomic mass is 9.93. The molecule has 8 heteroatoms. The summed E-state index contributed by atoms with van der Waals surface area (Å²) in [5.41, 5.74) is 3.06. The molecule has 2 N–H and O–H groups in total. The first kappa shape index (κ1) is 16.9. The summed E-state index contributed by atoms with van der Waals surface area (Å²) in [5.74, 6) is 0. The molecule has 0 fully saturated rings. The van der Waals surface area contributed by atoms with E-state index in [0.717, 1.165) is 36.1 Å². The van der Waals surface area contributed by atoms with E-state index in [0.29, 0.717) is 13.1 Å². The van der Waals surface area contributed by atoms with Crippen molar-refractivity contribution in [3.63, 3.8) is 0 Å². The van der Waals surface area contributed by atoms with E-state index in [4.69, 9.17) is 16.7 Å². The molecule has 2 aromatic rings. The minimum atomic E-state index is -0.469. The minimum Gasteiger partial charge on any atom is -0.394 e. The Labute approximate surface area is 144 Å². The van der Waals surface area contributed by atoms with Gasteiger partial charge in [0.1, 0.15) is 5.02 Å². The lowest BCUT2D eigenvalue weighted by Gasteiger charge is -2.24. The fraction of sp³-hybridized carbons (Fsp3) is 0.438. The van der Waals surface area contributed by atoms with Crippen LogP contribution in [-0.4, -0.2) is 26.4 Å². The second-order valence-corrected chi connectivity index (χ2v) is 6.27. The summed E-state index contributed by atoms with van der Waals surface area (Å²) < 4.78 is 1.86. The number of nitrogens with zero attached hydrogens (tertiary/aromatic N) is 3. The number of halogens is 1. The van der Waals surface area contributed by atoms with Crippen LogP contribution in [-0.2, 0) is 19.5 Å². The lowest BCUT2D eigenvalue weighted by molar-refractivity contribution is -0.384. The van der Waals surface area contributed by atoms with Crippen molar-refractivity contribution in [3.05, 3.63) is 56.4 Å². The molecule has 0 saturated carbocycles. The SMILES string of the molecule is O=[N+]([O-])c1cc(CN[C@@H]2CCCc3c2cnn3CCO)ccc1Cl. The van der Waals surface area contributed by atoms with Crippen LogP contribution in [0.1, 0.15) is 35.7 Å². The average Bonchev–Trinajstić information content (AvgIpc) is 2.98. The summed E-state index contributed by atoms with van der Waals surface area (Å²) >= 11 is 5.85. The topological polar surface area (TPSA) is 93.2 Å². The number of hydrogen-bond donors (Lipinski definition) is 2.